The number of piperazine rings is 1. The van der Waals surface area contributed by atoms with Crippen molar-refractivity contribution in [2.75, 3.05) is 57.1 Å². The van der Waals surface area contributed by atoms with Gasteiger partial charge in [0.05, 0.1) is 19.3 Å². The maximum absolute atomic E-state index is 12.2. The second-order valence-electron chi connectivity index (χ2n) is 4.76. The van der Waals surface area contributed by atoms with Crippen LogP contribution in [0.5, 0.6) is 0 Å². The van der Waals surface area contributed by atoms with Crippen molar-refractivity contribution in [2.45, 2.75) is 6.04 Å². The standard InChI is InChI=1S/C12H21N5O3S/c1-20-7-8(6-18)15-11(19)9-10(13)16-12(21-9)17-4-2-14-3-5-17/h8,14,18H,2-7,13H2,1H3,(H,15,19). The summed E-state index contributed by atoms with van der Waals surface area (Å²) in [6.45, 7) is 3.52. The first-order valence-corrected chi connectivity index (χ1v) is 7.60. The summed E-state index contributed by atoms with van der Waals surface area (Å²) in [6.07, 6.45) is 0. The summed E-state index contributed by atoms with van der Waals surface area (Å²) in [5.74, 6) is -0.109. The number of hydrogen-bond donors (Lipinski definition) is 4. The number of nitrogens with zero attached hydrogens (tertiary/aromatic N) is 2. The van der Waals surface area contributed by atoms with E-state index < -0.39 is 6.04 Å². The summed E-state index contributed by atoms with van der Waals surface area (Å²) in [7, 11) is 1.51. The molecule has 0 aromatic carbocycles. The SMILES string of the molecule is COCC(CO)NC(=O)c1sc(N2CCNCC2)nc1N. The highest BCUT2D eigenvalue weighted by atomic mass is 32.1. The Bertz CT molecular complexity index is 475. The molecule has 1 amide bonds. The van der Waals surface area contributed by atoms with Gasteiger partial charge in [-0.1, -0.05) is 11.3 Å². The molecule has 9 heteroatoms. The molecule has 1 unspecified atom stereocenters. The summed E-state index contributed by atoms with van der Waals surface area (Å²) in [6, 6.07) is -0.452. The highest BCUT2D eigenvalue weighted by Crippen LogP contribution is 2.28. The van der Waals surface area contributed by atoms with Crippen LogP contribution in [-0.2, 0) is 4.74 Å². The molecule has 1 aliphatic heterocycles. The first-order valence-electron chi connectivity index (χ1n) is 6.78. The lowest BCUT2D eigenvalue weighted by atomic mass is 10.3. The average Bonchev–Trinajstić information content (AvgIpc) is 2.89. The Morgan fingerprint density at radius 1 is 1.62 bits per heavy atom. The van der Waals surface area contributed by atoms with Gasteiger partial charge in [0.2, 0.25) is 0 Å². The number of aliphatic hydroxyl groups excluding tert-OH is 1. The van der Waals surface area contributed by atoms with Crippen molar-refractivity contribution in [3.63, 3.8) is 0 Å². The first kappa shape index (κ1) is 16.0. The number of amides is 1. The maximum Gasteiger partial charge on any atom is 0.265 e. The average molecular weight is 315 g/mol. The van der Waals surface area contributed by atoms with Crippen molar-refractivity contribution in [2.24, 2.45) is 0 Å². The van der Waals surface area contributed by atoms with E-state index in [0.29, 0.717) is 4.88 Å². The van der Waals surface area contributed by atoms with Crippen molar-refractivity contribution in [3.8, 4) is 0 Å². The maximum atomic E-state index is 12.2. The molecule has 1 aromatic rings. The molecule has 5 N–H and O–H groups in total. The van der Waals surface area contributed by atoms with E-state index in [0.717, 1.165) is 31.3 Å². The van der Waals surface area contributed by atoms with Crippen LogP contribution in [-0.4, -0.2) is 68.5 Å². The van der Waals surface area contributed by atoms with Gasteiger partial charge >= 0.3 is 0 Å². The van der Waals surface area contributed by atoms with E-state index in [-0.39, 0.29) is 24.9 Å². The third-order valence-electron chi connectivity index (χ3n) is 3.16. The summed E-state index contributed by atoms with van der Waals surface area (Å²) in [5.41, 5.74) is 5.84. The number of thiazole rings is 1. The van der Waals surface area contributed by atoms with Gasteiger partial charge in [-0.05, 0) is 0 Å². The lowest BCUT2D eigenvalue weighted by Gasteiger charge is -2.26. The van der Waals surface area contributed by atoms with Crippen molar-refractivity contribution in [1.29, 1.82) is 0 Å². The molecule has 1 saturated heterocycles. The Balaban J connectivity index is 2.05. The largest absolute Gasteiger partial charge is 0.394 e. The van der Waals surface area contributed by atoms with Crippen LogP contribution in [0, 0.1) is 0 Å². The highest BCUT2D eigenvalue weighted by molar-refractivity contribution is 7.18. The molecule has 21 heavy (non-hydrogen) atoms. The molecule has 118 valence electrons. The molecule has 0 aliphatic carbocycles. The molecule has 1 fully saturated rings. The van der Waals surface area contributed by atoms with Gasteiger partial charge in [0, 0.05) is 33.3 Å². The van der Waals surface area contributed by atoms with Gasteiger partial charge in [0.25, 0.3) is 5.91 Å². The fourth-order valence-electron chi connectivity index (χ4n) is 2.07. The van der Waals surface area contributed by atoms with Gasteiger partial charge in [0.15, 0.2) is 5.13 Å². The van der Waals surface area contributed by atoms with Gasteiger partial charge in [-0.15, -0.1) is 0 Å². The van der Waals surface area contributed by atoms with E-state index >= 15 is 0 Å². The van der Waals surface area contributed by atoms with Crippen LogP contribution in [0.25, 0.3) is 0 Å². The van der Waals surface area contributed by atoms with Crippen LogP contribution in [0.2, 0.25) is 0 Å². The van der Waals surface area contributed by atoms with Gasteiger partial charge < -0.3 is 31.1 Å². The van der Waals surface area contributed by atoms with Crippen LogP contribution < -0.4 is 21.3 Å². The molecule has 2 heterocycles. The number of nitrogens with two attached hydrogens (primary N) is 1. The van der Waals surface area contributed by atoms with E-state index in [1.165, 1.54) is 18.4 Å². The number of anilines is 2. The predicted molar refractivity (Wildman–Crippen MR) is 81.8 cm³/mol. The molecule has 0 bridgehead atoms. The third kappa shape index (κ3) is 4.03. The number of ether oxygens (including phenoxy) is 1. The van der Waals surface area contributed by atoms with Crippen molar-refractivity contribution < 1.29 is 14.6 Å². The fourth-order valence-corrected chi connectivity index (χ4v) is 3.01. The number of carbonyl (C=O) groups excluding carboxylic acids is 1. The van der Waals surface area contributed by atoms with Gasteiger partial charge in [-0.25, -0.2) is 4.98 Å². The second-order valence-corrected chi connectivity index (χ2v) is 5.73. The van der Waals surface area contributed by atoms with Crippen LogP contribution in [0.4, 0.5) is 10.9 Å². The van der Waals surface area contributed by atoms with E-state index in [4.69, 9.17) is 10.5 Å². The number of rotatable bonds is 6. The quantitative estimate of drug-likeness (QED) is 0.525. The van der Waals surface area contributed by atoms with E-state index in [2.05, 4.69) is 20.5 Å². The fraction of sp³-hybridized carbons (Fsp3) is 0.667. The number of hydrogen-bond acceptors (Lipinski definition) is 8. The predicted octanol–water partition coefficient (Wildman–Crippen LogP) is -1.13. The Morgan fingerprint density at radius 2 is 2.33 bits per heavy atom. The first-order chi connectivity index (χ1) is 10.2. The lowest BCUT2D eigenvalue weighted by Crippen LogP contribution is -2.43. The number of nitrogens with one attached hydrogen (secondary N) is 2. The minimum Gasteiger partial charge on any atom is -0.394 e. The van der Waals surface area contributed by atoms with Crippen molar-refractivity contribution >= 4 is 28.2 Å². The smallest absolute Gasteiger partial charge is 0.265 e. The normalized spacial score (nSPS) is 16.8. The summed E-state index contributed by atoms with van der Waals surface area (Å²) >= 11 is 1.27. The molecule has 1 aliphatic rings. The zero-order valence-corrected chi connectivity index (χ0v) is 12.8. The Labute approximate surface area is 127 Å². The molecule has 8 nitrogen and oxygen atoms in total. The molecular weight excluding hydrogens is 294 g/mol. The van der Waals surface area contributed by atoms with Crippen LogP contribution in [0.1, 0.15) is 9.67 Å². The minimum atomic E-state index is -0.452. The number of nitrogen functional groups attached to an aromatic ring is 1. The number of methoxy groups -OCH3 is 1. The molecule has 0 saturated carbocycles. The summed E-state index contributed by atoms with van der Waals surface area (Å²) < 4.78 is 4.93. The Hall–Kier alpha value is -1.42. The van der Waals surface area contributed by atoms with E-state index in [1.807, 2.05) is 0 Å². The van der Waals surface area contributed by atoms with E-state index in [1.54, 1.807) is 0 Å². The second kappa shape index (κ2) is 7.55. The van der Waals surface area contributed by atoms with Gasteiger partial charge in [-0.2, -0.15) is 0 Å². The highest BCUT2D eigenvalue weighted by Gasteiger charge is 2.22. The minimum absolute atomic E-state index is 0.192. The molecule has 0 radical (unpaired) electrons. The monoisotopic (exact) mass is 315 g/mol. The Morgan fingerprint density at radius 3 is 2.95 bits per heavy atom. The number of carbonyl (C=O) groups is 1. The van der Waals surface area contributed by atoms with Crippen LogP contribution >= 0.6 is 11.3 Å². The third-order valence-corrected chi connectivity index (χ3v) is 4.29. The zero-order valence-electron chi connectivity index (χ0n) is 12.0. The molecule has 2 rings (SSSR count). The molecular formula is C12H21N5O3S. The Kier molecular flexibility index (Phi) is 5.74. The van der Waals surface area contributed by atoms with Crippen molar-refractivity contribution in [1.82, 2.24) is 15.6 Å². The lowest BCUT2D eigenvalue weighted by molar-refractivity contribution is 0.0844. The number of aromatic nitrogens is 1. The topological polar surface area (TPSA) is 113 Å². The molecule has 1 aromatic heterocycles. The van der Waals surface area contributed by atoms with Crippen molar-refractivity contribution in [3.05, 3.63) is 4.88 Å². The van der Waals surface area contributed by atoms with Gasteiger partial charge in [0.1, 0.15) is 10.7 Å². The zero-order chi connectivity index (χ0) is 15.2. The van der Waals surface area contributed by atoms with Crippen LogP contribution in [0.3, 0.4) is 0 Å². The van der Waals surface area contributed by atoms with E-state index in [9.17, 15) is 9.90 Å². The summed E-state index contributed by atoms with van der Waals surface area (Å²) in [4.78, 5) is 18.9. The number of aliphatic hydroxyl groups is 1. The molecule has 0 spiro atoms. The summed E-state index contributed by atoms with van der Waals surface area (Å²) in [5, 5.41) is 15.9. The van der Waals surface area contributed by atoms with Gasteiger partial charge in [-0.3, -0.25) is 4.79 Å². The van der Waals surface area contributed by atoms with Crippen LogP contribution in [0.15, 0.2) is 0 Å². The molecule has 1 atom stereocenters.